The molecule has 0 saturated carbocycles. The molecule has 0 spiro atoms. The normalized spacial score (nSPS) is 11.6. The Labute approximate surface area is 112 Å². The van der Waals surface area contributed by atoms with Crippen LogP contribution in [0.5, 0.6) is 5.75 Å². The minimum atomic E-state index is 0.182. The van der Waals surface area contributed by atoms with Gasteiger partial charge in [0.2, 0.25) is 0 Å². The van der Waals surface area contributed by atoms with Crippen LogP contribution in [0.3, 0.4) is 0 Å². The van der Waals surface area contributed by atoms with Crippen molar-refractivity contribution in [3.05, 3.63) is 29.8 Å². The topological polar surface area (TPSA) is 21.3 Å². The van der Waals surface area contributed by atoms with Crippen molar-refractivity contribution >= 4 is 0 Å². The van der Waals surface area contributed by atoms with Crippen LogP contribution in [0.15, 0.2) is 24.3 Å². The average molecular weight is 249 g/mol. The minimum Gasteiger partial charge on any atom is -0.496 e. The second-order valence-electron chi connectivity index (χ2n) is 4.86. The Morgan fingerprint density at radius 2 is 1.78 bits per heavy atom. The molecule has 0 aliphatic rings. The van der Waals surface area contributed by atoms with Gasteiger partial charge < -0.3 is 10.1 Å². The van der Waals surface area contributed by atoms with Gasteiger partial charge in [0.05, 0.1) is 7.11 Å². The van der Waals surface area contributed by atoms with Gasteiger partial charge in [0, 0.05) is 17.5 Å². The number of hydrogen-bond acceptors (Lipinski definition) is 2. The molecule has 1 rings (SSSR count). The lowest BCUT2D eigenvalue weighted by atomic mass is 9.75. The molecule has 0 fully saturated rings. The van der Waals surface area contributed by atoms with Gasteiger partial charge in [0.25, 0.3) is 0 Å². The molecule has 0 aliphatic heterocycles. The maximum Gasteiger partial charge on any atom is 0.122 e. The first-order valence-electron chi connectivity index (χ1n) is 7.08. The summed E-state index contributed by atoms with van der Waals surface area (Å²) in [6, 6.07) is 8.42. The molecule has 0 unspecified atom stereocenters. The van der Waals surface area contributed by atoms with Crippen molar-refractivity contribution in [3.8, 4) is 5.75 Å². The zero-order chi connectivity index (χ0) is 13.4. The summed E-state index contributed by atoms with van der Waals surface area (Å²) < 4.78 is 5.53. The molecule has 1 N–H and O–H groups in total. The molecule has 0 heterocycles. The summed E-state index contributed by atoms with van der Waals surface area (Å²) in [6.07, 6.45) is 3.43. The van der Waals surface area contributed by atoms with Crippen molar-refractivity contribution in [1.82, 2.24) is 5.32 Å². The molecule has 0 radical (unpaired) electrons. The van der Waals surface area contributed by atoms with Crippen LogP contribution in [0.4, 0.5) is 0 Å². The second-order valence-corrected chi connectivity index (χ2v) is 4.86. The van der Waals surface area contributed by atoms with E-state index in [2.05, 4.69) is 44.3 Å². The molecular formula is C16H27NO. The SMILES string of the molecule is CCCNCC(CC)(CC)c1ccccc1OC. The van der Waals surface area contributed by atoms with E-state index in [1.165, 1.54) is 12.0 Å². The quantitative estimate of drug-likeness (QED) is 0.708. The third-order valence-corrected chi connectivity index (χ3v) is 3.92. The third kappa shape index (κ3) is 3.26. The van der Waals surface area contributed by atoms with Crippen LogP contribution in [0.2, 0.25) is 0 Å². The number of hydrogen-bond donors (Lipinski definition) is 1. The zero-order valence-corrected chi connectivity index (χ0v) is 12.3. The van der Waals surface area contributed by atoms with Crippen LogP contribution < -0.4 is 10.1 Å². The Hall–Kier alpha value is -1.02. The largest absolute Gasteiger partial charge is 0.496 e. The first-order chi connectivity index (χ1) is 8.74. The van der Waals surface area contributed by atoms with Crippen LogP contribution in [0.1, 0.15) is 45.6 Å². The number of methoxy groups -OCH3 is 1. The molecule has 2 nitrogen and oxygen atoms in total. The number of rotatable bonds is 8. The lowest BCUT2D eigenvalue weighted by Crippen LogP contribution is -2.38. The van der Waals surface area contributed by atoms with E-state index in [9.17, 15) is 0 Å². The van der Waals surface area contributed by atoms with E-state index in [1.807, 2.05) is 6.07 Å². The number of para-hydroxylation sites is 1. The molecule has 0 aromatic heterocycles. The highest BCUT2D eigenvalue weighted by molar-refractivity contribution is 5.40. The van der Waals surface area contributed by atoms with Crippen molar-refractivity contribution in [3.63, 3.8) is 0 Å². The van der Waals surface area contributed by atoms with E-state index in [-0.39, 0.29) is 5.41 Å². The van der Waals surface area contributed by atoms with Gasteiger partial charge >= 0.3 is 0 Å². The van der Waals surface area contributed by atoms with E-state index in [1.54, 1.807) is 7.11 Å². The summed E-state index contributed by atoms with van der Waals surface area (Å²) in [7, 11) is 1.76. The summed E-state index contributed by atoms with van der Waals surface area (Å²) in [5.41, 5.74) is 1.52. The highest BCUT2D eigenvalue weighted by atomic mass is 16.5. The van der Waals surface area contributed by atoms with E-state index in [0.717, 1.165) is 31.7 Å². The zero-order valence-electron chi connectivity index (χ0n) is 12.3. The Morgan fingerprint density at radius 1 is 1.11 bits per heavy atom. The first-order valence-corrected chi connectivity index (χ1v) is 7.08. The highest BCUT2D eigenvalue weighted by Crippen LogP contribution is 2.36. The Balaban J connectivity index is 3.01. The van der Waals surface area contributed by atoms with Crippen LogP contribution in [0, 0.1) is 0 Å². The highest BCUT2D eigenvalue weighted by Gasteiger charge is 2.30. The number of nitrogens with one attached hydrogen (secondary N) is 1. The molecule has 102 valence electrons. The summed E-state index contributed by atoms with van der Waals surface area (Å²) in [6.45, 7) is 8.84. The molecule has 0 aliphatic carbocycles. The molecule has 0 atom stereocenters. The van der Waals surface area contributed by atoms with Crippen LogP contribution >= 0.6 is 0 Å². The Morgan fingerprint density at radius 3 is 2.33 bits per heavy atom. The van der Waals surface area contributed by atoms with Crippen molar-refractivity contribution < 1.29 is 4.74 Å². The summed E-state index contributed by atoms with van der Waals surface area (Å²) in [5, 5.41) is 3.57. The molecule has 18 heavy (non-hydrogen) atoms. The molecule has 0 amide bonds. The van der Waals surface area contributed by atoms with E-state index in [4.69, 9.17) is 4.74 Å². The lowest BCUT2D eigenvalue weighted by molar-refractivity contribution is 0.340. The molecular weight excluding hydrogens is 222 g/mol. The lowest BCUT2D eigenvalue weighted by Gasteiger charge is -2.34. The van der Waals surface area contributed by atoms with Gasteiger partial charge in [-0.3, -0.25) is 0 Å². The van der Waals surface area contributed by atoms with E-state index >= 15 is 0 Å². The number of ether oxygens (including phenoxy) is 1. The number of benzene rings is 1. The molecule has 1 aromatic carbocycles. The Kier molecular flexibility index (Phi) is 6.20. The standard InChI is InChI=1S/C16H27NO/c1-5-12-17-13-16(6-2,7-3)14-10-8-9-11-15(14)18-4/h8-11,17H,5-7,12-13H2,1-4H3. The fraction of sp³-hybridized carbons (Fsp3) is 0.625. The van der Waals surface area contributed by atoms with Crippen molar-refractivity contribution in [2.45, 2.75) is 45.4 Å². The van der Waals surface area contributed by atoms with Crippen LogP contribution in [0.25, 0.3) is 0 Å². The molecule has 2 heteroatoms. The maximum atomic E-state index is 5.53. The first kappa shape index (κ1) is 15.0. The van der Waals surface area contributed by atoms with Gasteiger partial charge in [0.1, 0.15) is 5.75 Å². The molecule has 0 bridgehead atoms. The van der Waals surface area contributed by atoms with Crippen molar-refractivity contribution in [1.29, 1.82) is 0 Å². The third-order valence-electron chi connectivity index (χ3n) is 3.92. The van der Waals surface area contributed by atoms with E-state index in [0.29, 0.717) is 0 Å². The summed E-state index contributed by atoms with van der Waals surface area (Å²) >= 11 is 0. The predicted molar refractivity (Wildman–Crippen MR) is 78.4 cm³/mol. The van der Waals surface area contributed by atoms with Crippen molar-refractivity contribution in [2.75, 3.05) is 20.2 Å². The van der Waals surface area contributed by atoms with Gasteiger partial charge in [0.15, 0.2) is 0 Å². The smallest absolute Gasteiger partial charge is 0.122 e. The van der Waals surface area contributed by atoms with Crippen LogP contribution in [-0.4, -0.2) is 20.2 Å². The predicted octanol–water partition coefficient (Wildman–Crippen LogP) is 3.75. The molecule has 0 saturated heterocycles. The average Bonchev–Trinajstić information content (AvgIpc) is 2.44. The van der Waals surface area contributed by atoms with Gasteiger partial charge in [-0.2, -0.15) is 0 Å². The van der Waals surface area contributed by atoms with Gasteiger partial charge in [-0.25, -0.2) is 0 Å². The maximum absolute atomic E-state index is 5.53. The fourth-order valence-corrected chi connectivity index (χ4v) is 2.56. The second kappa shape index (κ2) is 7.42. The van der Waals surface area contributed by atoms with E-state index < -0.39 is 0 Å². The fourth-order valence-electron chi connectivity index (χ4n) is 2.56. The monoisotopic (exact) mass is 249 g/mol. The summed E-state index contributed by atoms with van der Waals surface area (Å²) in [5.74, 6) is 1.01. The van der Waals surface area contributed by atoms with Gasteiger partial charge in [-0.15, -0.1) is 0 Å². The summed E-state index contributed by atoms with van der Waals surface area (Å²) in [4.78, 5) is 0. The molecule has 1 aromatic rings. The Bertz CT molecular complexity index is 345. The van der Waals surface area contributed by atoms with Crippen molar-refractivity contribution in [2.24, 2.45) is 0 Å². The van der Waals surface area contributed by atoms with Gasteiger partial charge in [-0.05, 0) is 31.9 Å². The van der Waals surface area contributed by atoms with Crippen LogP contribution in [-0.2, 0) is 5.41 Å². The minimum absolute atomic E-state index is 0.182. The van der Waals surface area contributed by atoms with Gasteiger partial charge in [-0.1, -0.05) is 39.0 Å².